The minimum atomic E-state index is -0.110. The molecule has 2 nitrogen and oxygen atoms in total. The molecule has 0 aliphatic heterocycles. The fourth-order valence-corrected chi connectivity index (χ4v) is 4.34. The van der Waals surface area contributed by atoms with E-state index in [0.29, 0.717) is 0 Å². The second kappa shape index (κ2) is 22.3. The van der Waals surface area contributed by atoms with Gasteiger partial charge in [0.2, 0.25) is 0 Å². The van der Waals surface area contributed by atoms with Crippen molar-refractivity contribution in [3.8, 4) is 11.5 Å². The smallest absolute Gasteiger partial charge is 0.0975 e. The Hall–Kier alpha value is 1.54. The molecule has 0 fully saturated rings. The largest absolute Gasteiger partial charge is 0.514 e. The fourth-order valence-electron chi connectivity index (χ4n) is 1.69. The number of ether oxygens (including phenoxy) is 2. The van der Waals surface area contributed by atoms with Gasteiger partial charge in [0.05, 0.1) is 11.2 Å². The molecule has 166 valence electrons. The summed E-state index contributed by atoms with van der Waals surface area (Å²) in [6.07, 6.45) is 0. The molecule has 2 rings (SSSR count). The van der Waals surface area contributed by atoms with Crippen LogP contribution in [0.5, 0.6) is 11.5 Å². The van der Waals surface area contributed by atoms with E-state index in [-0.39, 0.29) is 84.0 Å². The van der Waals surface area contributed by atoms with E-state index < -0.39 is 0 Å². The second-order valence-corrected chi connectivity index (χ2v) is 11.4. The molecule has 0 saturated carbocycles. The van der Waals surface area contributed by atoms with Crippen molar-refractivity contribution in [2.45, 2.75) is 52.7 Å². The Morgan fingerprint density at radius 2 is 1.07 bits per heavy atom. The van der Waals surface area contributed by atoms with E-state index >= 15 is 0 Å². The Bertz CT molecular complexity index is 533. The van der Waals surface area contributed by atoms with E-state index in [1.807, 2.05) is 90.1 Å². The maximum Gasteiger partial charge on any atom is 0.0975 e. The summed E-state index contributed by atoms with van der Waals surface area (Å²) in [5.74, 6) is 3.21. The van der Waals surface area contributed by atoms with Crippen molar-refractivity contribution < 1.29 is 74.9 Å². The van der Waals surface area contributed by atoms with Gasteiger partial charge in [-0.15, -0.1) is 41.8 Å². The third kappa shape index (κ3) is 27.6. The van der Waals surface area contributed by atoms with Gasteiger partial charge in [-0.3, -0.25) is 0 Å². The van der Waals surface area contributed by atoms with Crippen LogP contribution in [0, 0.1) is 19.6 Å². The summed E-state index contributed by atoms with van der Waals surface area (Å²) in [7, 11) is 4.97. The quantitative estimate of drug-likeness (QED) is 0.262. The van der Waals surface area contributed by atoms with E-state index in [1.54, 1.807) is 0 Å². The van der Waals surface area contributed by atoms with Crippen LogP contribution in [-0.4, -0.2) is 23.8 Å². The summed E-state index contributed by atoms with van der Waals surface area (Å²) in [6.45, 7) is 14.4. The van der Waals surface area contributed by atoms with Gasteiger partial charge in [-0.25, -0.2) is 0 Å². The Morgan fingerprint density at radius 3 is 1.23 bits per heavy atom. The molecule has 0 spiro atoms. The van der Waals surface area contributed by atoms with Gasteiger partial charge in [0.1, 0.15) is 0 Å². The van der Waals surface area contributed by atoms with Gasteiger partial charge in [-0.05, 0) is 54.1 Å². The maximum atomic E-state index is 5.58. The molecule has 2 aromatic rings. The van der Waals surface area contributed by atoms with Crippen LogP contribution in [0.3, 0.4) is 0 Å². The maximum absolute atomic E-state index is 5.58. The first-order valence-corrected chi connectivity index (χ1v) is 13.7. The number of hydrogen-bond acceptors (Lipinski definition) is 2. The van der Waals surface area contributed by atoms with E-state index in [2.05, 4.69) is 27.7 Å². The molecule has 0 aromatic heterocycles. The average molecular weight is 617 g/mol. The minimum Gasteiger partial charge on any atom is -0.514 e. The first kappa shape index (κ1) is 38.8. The van der Waals surface area contributed by atoms with Crippen molar-refractivity contribution >= 4 is 25.8 Å². The SMILES string of the molecule is CC(C)(C)Oc1cc[c-]cc1.CC(C)(C)Oc1cc[c-]cc1.CPCPP.[CH3-].[Y].[Y]. The third-order valence-corrected chi connectivity index (χ3v) is 6.57. The summed E-state index contributed by atoms with van der Waals surface area (Å²) in [6, 6.07) is 20.9. The molecular formula is C23H38O2P3Y2-3. The van der Waals surface area contributed by atoms with Gasteiger partial charge in [0.15, 0.2) is 0 Å². The van der Waals surface area contributed by atoms with Crippen LogP contribution in [0.1, 0.15) is 41.5 Å². The zero-order valence-corrected chi connectivity index (χ0v) is 28.7. The second-order valence-electron chi connectivity index (χ2n) is 7.63. The van der Waals surface area contributed by atoms with Crippen molar-refractivity contribution in [1.29, 1.82) is 0 Å². The van der Waals surface area contributed by atoms with Crippen LogP contribution in [-0.2, 0) is 65.4 Å². The molecule has 0 aliphatic rings. The van der Waals surface area contributed by atoms with Crippen molar-refractivity contribution in [3.05, 3.63) is 68.1 Å². The molecule has 0 aliphatic carbocycles. The van der Waals surface area contributed by atoms with Gasteiger partial charge in [0.25, 0.3) is 0 Å². The van der Waals surface area contributed by atoms with Gasteiger partial charge in [-0.1, -0.05) is 8.27 Å². The molecule has 0 heterocycles. The van der Waals surface area contributed by atoms with Gasteiger partial charge < -0.3 is 16.9 Å². The predicted molar refractivity (Wildman–Crippen MR) is 135 cm³/mol. The Labute approximate surface area is 243 Å². The van der Waals surface area contributed by atoms with E-state index in [1.165, 1.54) is 5.90 Å². The molecule has 2 aromatic carbocycles. The number of hydrogen-bond donors (Lipinski definition) is 0. The standard InChI is InChI=1S/2C10H13O.C2H9P3.CH3.2Y/c2*1-10(2,3)11-9-7-5-4-6-8-9;1-4-2-5-3;;;/h2*5-8H,1-3H3;4-5H,2-3H2,1H3;1H3;;/q2*-1;;-1;;. The van der Waals surface area contributed by atoms with Crippen molar-refractivity contribution in [2.75, 3.05) is 12.6 Å². The van der Waals surface area contributed by atoms with E-state index in [9.17, 15) is 0 Å². The average Bonchev–Trinajstić information content (AvgIpc) is 2.55. The molecule has 30 heavy (non-hydrogen) atoms. The normalized spacial score (nSPS) is 10.4. The van der Waals surface area contributed by atoms with Gasteiger partial charge in [-0.2, -0.15) is 36.4 Å². The molecular weight excluding hydrogens is 579 g/mol. The zero-order chi connectivity index (χ0) is 20.8. The summed E-state index contributed by atoms with van der Waals surface area (Å²) in [4.78, 5) is 0. The molecule has 0 bridgehead atoms. The Morgan fingerprint density at radius 1 is 0.767 bits per heavy atom. The summed E-state index contributed by atoms with van der Waals surface area (Å²) >= 11 is 0. The van der Waals surface area contributed by atoms with Crippen molar-refractivity contribution in [3.63, 3.8) is 0 Å². The van der Waals surface area contributed by atoms with Gasteiger partial charge in [0, 0.05) is 76.9 Å². The summed E-state index contributed by atoms with van der Waals surface area (Å²) in [5.41, 5.74) is -0.220. The minimum absolute atomic E-state index is 0. The molecule has 3 unspecified atom stereocenters. The van der Waals surface area contributed by atoms with Crippen LogP contribution in [0.4, 0.5) is 0 Å². The molecule has 0 saturated heterocycles. The molecule has 7 heteroatoms. The Balaban J connectivity index is -0.000000171. The predicted octanol–water partition coefficient (Wildman–Crippen LogP) is 7.49. The summed E-state index contributed by atoms with van der Waals surface area (Å²) < 4.78 is 11.2. The van der Waals surface area contributed by atoms with Crippen LogP contribution < -0.4 is 9.47 Å². The fraction of sp³-hybridized carbons (Fsp3) is 0.435. The van der Waals surface area contributed by atoms with Crippen molar-refractivity contribution in [1.82, 2.24) is 0 Å². The molecule has 2 radical (unpaired) electrons. The summed E-state index contributed by atoms with van der Waals surface area (Å²) in [5, 5.41) is 0. The first-order valence-electron chi connectivity index (χ1n) is 8.96. The van der Waals surface area contributed by atoms with Gasteiger partial charge >= 0.3 is 0 Å². The van der Waals surface area contributed by atoms with E-state index in [0.717, 1.165) is 28.3 Å². The Kier molecular flexibility index (Phi) is 28.9. The first-order chi connectivity index (χ1) is 12.6. The monoisotopic (exact) mass is 617 g/mol. The van der Waals surface area contributed by atoms with Crippen LogP contribution in [0.2, 0.25) is 0 Å². The molecule has 3 atom stereocenters. The van der Waals surface area contributed by atoms with E-state index in [4.69, 9.17) is 9.47 Å². The van der Waals surface area contributed by atoms with Crippen molar-refractivity contribution in [2.24, 2.45) is 0 Å². The van der Waals surface area contributed by atoms with Crippen LogP contribution in [0.15, 0.2) is 48.5 Å². The number of benzene rings is 2. The molecule has 0 N–H and O–H groups in total. The van der Waals surface area contributed by atoms with Crippen LogP contribution in [0.25, 0.3) is 0 Å². The topological polar surface area (TPSA) is 18.5 Å². The van der Waals surface area contributed by atoms with Crippen LogP contribution >= 0.6 is 25.8 Å². The molecule has 0 amide bonds. The third-order valence-electron chi connectivity index (χ3n) is 2.50. The zero-order valence-electron chi connectivity index (χ0n) is 19.9. The number of rotatable bonds is 4.